The lowest BCUT2D eigenvalue weighted by molar-refractivity contribution is 0.396. The Kier molecular flexibility index (Phi) is 13.2. The van der Waals surface area contributed by atoms with Crippen LogP contribution in [0.4, 0.5) is 0 Å². The molecule has 0 saturated heterocycles. The maximum atomic E-state index is 13.8. The molecule has 20 heteroatoms. The van der Waals surface area contributed by atoms with E-state index in [9.17, 15) is 102 Å². The molecule has 0 aliphatic rings. The van der Waals surface area contributed by atoms with E-state index in [2.05, 4.69) is 0 Å². The van der Waals surface area contributed by atoms with Crippen LogP contribution in [-0.4, -0.2) is 102 Å². The number of benzene rings is 13. The summed E-state index contributed by atoms with van der Waals surface area (Å²) >= 11 is 0. The molecule has 13 aromatic rings. The van der Waals surface area contributed by atoms with E-state index in [1.54, 1.807) is 125 Å². The second kappa shape index (κ2) is 19.6. The predicted molar refractivity (Wildman–Crippen MR) is 384 cm³/mol. The van der Waals surface area contributed by atoms with Crippen LogP contribution < -0.4 is 0 Å². The first-order valence-corrected chi connectivity index (χ1v) is 32.2. The van der Waals surface area contributed by atoms with E-state index in [1.807, 2.05) is 0 Å². The molecule has 0 amide bonds. The van der Waals surface area contributed by atoms with Crippen LogP contribution in [0.2, 0.25) is 0 Å². The number of phenols is 20. The van der Waals surface area contributed by atoms with Gasteiger partial charge in [0, 0.05) is 109 Å². The SMILES string of the molecule is Cc1c(O)c2c(O)c(C(C)(C)C)c(O)c3c(-c4cc(-c5c(O)c6c(O)c(C(C)(C)C)c(O)c7c(O)c(O)c8c(O)c(C(C)(C)C)c(O)c5c8c76)cc(-c5c(O)c6c(O)c(C(C)(C)C)c(O)c7c(O)c(O)c8c(O)c(C(C)(C)C)c(O)c5c8c76)c4)c(O)c4c(O)c(C(C)(C)C)c(O)c1c4c23. The second-order valence-electron chi connectivity index (χ2n) is 33.0. The largest absolute Gasteiger partial charge is 0.507 e. The van der Waals surface area contributed by atoms with E-state index >= 15 is 0 Å². The van der Waals surface area contributed by atoms with Gasteiger partial charge >= 0.3 is 0 Å². The normalized spacial score (nSPS) is 13.4. The Morgan fingerprint density at radius 2 is 0.303 bits per heavy atom. The fourth-order valence-corrected chi connectivity index (χ4v) is 16.5. The maximum absolute atomic E-state index is 13.8. The van der Waals surface area contributed by atoms with E-state index in [4.69, 9.17) is 0 Å². The highest BCUT2D eigenvalue weighted by molar-refractivity contribution is 6.39. The Balaban J connectivity index is 1.42. The van der Waals surface area contributed by atoms with Crippen molar-refractivity contribution in [3.63, 3.8) is 0 Å². The third kappa shape index (κ3) is 8.19. The van der Waals surface area contributed by atoms with Gasteiger partial charge in [-0.3, -0.25) is 0 Å². The molecule has 0 heterocycles. The minimum Gasteiger partial charge on any atom is -0.507 e. The average molecular weight is 1350 g/mol. The highest BCUT2D eigenvalue weighted by Crippen LogP contribution is 2.69. The summed E-state index contributed by atoms with van der Waals surface area (Å²) in [7, 11) is 0. The molecule has 0 bridgehead atoms. The van der Waals surface area contributed by atoms with Crippen molar-refractivity contribution in [2.75, 3.05) is 0 Å². The van der Waals surface area contributed by atoms with E-state index in [0.717, 1.165) is 0 Å². The molecular formula is C79H80O20. The Bertz CT molecular complexity index is 5310. The number of rotatable bonds is 3. The summed E-state index contributed by atoms with van der Waals surface area (Å²) in [5, 5.41) is 250. The predicted octanol–water partition coefficient (Wildman–Crippen LogP) is 17.6. The molecule has 516 valence electrons. The highest BCUT2D eigenvalue weighted by atomic mass is 16.3. The van der Waals surface area contributed by atoms with Crippen LogP contribution in [0.1, 0.15) is 164 Å². The summed E-state index contributed by atoms with van der Waals surface area (Å²) in [5.41, 5.74) is -11.4. The quantitative estimate of drug-likeness (QED) is 0.0577. The lowest BCUT2D eigenvalue weighted by Gasteiger charge is -2.31. The van der Waals surface area contributed by atoms with Crippen LogP contribution in [0.5, 0.6) is 115 Å². The van der Waals surface area contributed by atoms with Crippen LogP contribution in [-0.2, 0) is 32.5 Å². The van der Waals surface area contributed by atoms with Crippen LogP contribution >= 0.6 is 0 Å². The Morgan fingerprint density at radius 1 is 0.162 bits per heavy atom. The molecule has 0 saturated carbocycles. The summed E-state index contributed by atoms with van der Waals surface area (Å²) in [6.07, 6.45) is 0. The van der Waals surface area contributed by atoms with Crippen molar-refractivity contribution in [2.45, 2.75) is 164 Å². The monoisotopic (exact) mass is 1350 g/mol. The van der Waals surface area contributed by atoms with Crippen molar-refractivity contribution >= 4 is 97.0 Å². The fraction of sp³-hybridized carbons (Fsp3) is 0.316. The molecule has 0 aromatic heterocycles. The van der Waals surface area contributed by atoms with Gasteiger partial charge in [-0.25, -0.2) is 0 Å². The first-order valence-electron chi connectivity index (χ1n) is 32.2. The summed E-state index contributed by atoms with van der Waals surface area (Å²) in [6, 6.07) is 3.88. The lowest BCUT2D eigenvalue weighted by atomic mass is 9.75. The van der Waals surface area contributed by atoms with Crippen LogP contribution in [0.3, 0.4) is 0 Å². The highest BCUT2D eigenvalue weighted by Gasteiger charge is 2.43. The number of hydrogen-bond acceptors (Lipinski definition) is 20. The number of hydrogen-bond donors (Lipinski definition) is 20. The Labute approximate surface area is 566 Å². The van der Waals surface area contributed by atoms with Gasteiger partial charge in [-0.1, -0.05) is 125 Å². The minimum atomic E-state index is -1.31. The van der Waals surface area contributed by atoms with Crippen molar-refractivity contribution in [2.24, 2.45) is 0 Å². The third-order valence-electron chi connectivity index (χ3n) is 20.3. The minimum absolute atomic E-state index is 0.0144. The van der Waals surface area contributed by atoms with Gasteiger partial charge in [-0.15, -0.1) is 0 Å². The zero-order valence-corrected chi connectivity index (χ0v) is 58.2. The topological polar surface area (TPSA) is 405 Å². The maximum Gasteiger partial charge on any atom is 0.170 e. The molecule has 0 atom stereocenters. The molecule has 0 aliphatic heterocycles. The molecule has 20 nitrogen and oxygen atoms in total. The van der Waals surface area contributed by atoms with Crippen LogP contribution in [0, 0.1) is 6.92 Å². The van der Waals surface area contributed by atoms with Crippen LogP contribution in [0.25, 0.3) is 130 Å². The van der Waals surface area contributed by atoms with E-state index in [1.165, 1.54) is 25.1 Å². The standard InChI is InChI=1S/C79H80O20/c1-23-27-31-32-37(59(85)49(75(5,6)7)62(88)40(32)54(23)80)28(55(81)41(31)63(89)48(58(27)84)74(2,3)4)24-20-25(29-38-33-35-42(56(29)82)64(90)52(78(14,15)16)68(94)46(35)72(98)70(96)44(33)66(92)50(60(38)86)76(8,9)10)22-26(21-24)30-39-34-36-43(57(30)83)65(91)53(79(17,18)19)69(95)47(36)73(99)71(97)45(34)67(93)51(61(39)87)77(11,12)13/h20-22,80-99H,1-19H3. The number of aryl methyl sites for hydroxylation is 1. The van der Waals surface area contributed by atoms with Crippen molar-refractivity contribution < 1.29 is 102 Å². The van der Waals surface area contributed by atoms with Crippen molar-refractivity contribution in [3.8, 4) is 148 Å². The fourth-order valence-electron chi connectivity index (χ4n) is 16.5. The molecule has 0 spiro atoms. The first kappa shape index (κ1) is 66.6. The van der Waals surface area contributed by atoms with Gasteiger partial charge < -0.3 is 102 Å². The van der Waals surface area contributed by atoms with Crippen LogP contribution in [0.15, 0.2) is 18.2 Å². The average Bonchev–Trinajstić information content (AvgIpc) is 0.691. The summed E-state index contributed by atoms with van der Waals surface area (Å²) < 4.78 is 0. The van der Waals surface area contributed by atoms with Gasteiger partial charge in [0.05, 0.1) is 43.1 Å². The van der Waals surface area contributed by atoms with Gasteiger partial charge in [0.25, 0.3) is 0 Å². The molecule has 0 unspecified atom stereocenters. The van der Waals surface area contributed by atoms with E-state index in [-0.39, 0.29) is 104 Å². The van der Waals surface area contributed by atoms with Crippen molar-refractivity contribution in [1.29, 1.82) is 0 Å². The lowest BCUT2D eigenvalue weighted by Crippen LogP contribution is -2.14. The first-order chi connectivity index (χ1) is 45.3. The van der Waals surface area contributed by atoms with E-state index in [0.29, 0.717) is 0 Å². The molecule has 13 rings (SSSR count). The molecular weight excluding hydrogens is 1270 g/mol. The Hall–Kier alpha value is -11.0. The van der Waals surface area contributed by atoms with Crippen molar-refractivity contribution in [3.05, 3.63) is 57.1 Å². The number of phenolic OH excluding ortho intramolecular Hbond substituents is 20. The summed E-state index contributed by atoms with van der Waals surface area (Å²) in [5.74, 6) is -16.1. The third-order valence-corrected chi connectivity index (χ3v) is 20.3. The van der Waals surface area contributed by atoms with Gasteiger partial charge in [0.2, 0.25) is 0 Å². The Morgan fingerprint density at radius 3 is 0.495 bits per heavy atom. The van der Waals surface area contributed by atoms with E-state index < -0.39 is 213 Å². The van der Waals surface area contributed by atoms with Gasteiger partial charge in [0.15, 0.2) is 23.0 Å². The smallest absolute Gasteiger partial charge is 0.170 e. The van der Waals surface area contributed by atoms with Gasteiger partial charge in [-0.05, 0) is 74.3 Å². The summed E-state index contributed by atoms with van der Waals surface area (Å²) in [6.45, 7) is 30.5. The molecule has 0 fully saturated rings. The molecule has 13 aromatic carbocycles. The molecule has 99 heavy (non-hydrogen) atoms. The van der Waals surface area contributed by atoms with Gasteiger partial charge in [-0.2, -0.15) is 0 Å². The zero-order valence-electron chi connectivity index (χ0n) is 58.2. The van der Waals surface area contributed by atoms with Gasteiger partial charge in [0.1, 0.15) is 92.0 Å². The number of aromatic hydroxyl groups is 20. The molecule has 0 aliphatic carbocycles. The second-order valence-corrected chi connectivity index (χ2v) is 33.0. The summed E-state index contributed by atoms with van der Waals surface area (Å²) in [4.78, 5) is 0. The molecule has 20 N–H and O–H groups in total. The zero-order chi connectivity index (χ0) is 73.6. The van der Waals surface area contributed by atoms with Crippen molar-refractivity contribution in [1.82, 2.24) is 0 Å². The molecule has 0 radical (unpaired) electrons.